The highest BCUT2D eigenvalue weighted by Gasteiger charge is 2.07. The maximum Gasteiger partial charge on any atom is 0.255 e. The van der Waals surface area contributed by atoms with E-state index in [9.17, 15) is 9.59 Å². The largest absolute Gasteiger partial charge is 0.322 e. The molecule has 0 atom stereocenters. The number of halogens is 1. The molecule has 2 N–H and O–H groups in total. The van der Waals surface area contributed by atoms with Gasteiger partial charge < -0.3 is 5.32 Å². The summed E-state index contributed by atoms with van der Waals surface area (Å²) in [7, 11) is 0. The van der Waals surface area contributed by atoms with Gasteiger partial charge in [0, 0.05) is 22.7 Å². The van der Waals surface area contributed by atoms with Crippen molar-refractivity contribution >= 4 is 34.8 Å². The number of carbonyl (C=O) groups excluding carboxylic acids is 2. The monoisotopic (exact) mass is 469 g/mol. The van der Waals surface area contributed by atoms with Crippen LogP contribution in [0.3, 0.4) is 0 Å². The number of benzene rings is 2. The van der Waals surface area contributed by atoms with Crippen molar-refractivity contribution in [3.63, 3.8) is 0 Å². The lowest BCUT2D eigenvalue weighted by Gasteiger charge is -2.07. The second kappa shape index (κ2) is 15.2. The SMILES string of the molecule is CCCCCCCCCCCC(=O)N/N=C(/C)c1ccc(NC(=O)c2ccc(Cl)cc2)cc1. The van der Waals surface area contributed by atoms with Crippen LogP contribution in [0.25, 0.3) is 0 Å². The van der Waals surface area contributed by atoms with Gasteiger partial charge in [-0.15, -0.1) is 0 Å². The number of amides is 2. The fourth-order valence-corrected chi connectivity index (χ4v) is 3.59. The van der Waals surface area contributed by atoms with Gasteiger partial charge in [-0.3, -0.25) is 9.59 Å². The number of nitrogens with zero attached hydrogens (tertiary/aromatic N) is 1. The average molecular weight is 470 g/mol. The third-order valence-corrected chi connectivity index (χ3v) is 5.77. The van der Waals surface area contributed by atoms with Crippen LogP contribution in [0.4, 0.5) is 5.69 Å². The molecule has 0 unspecified atom stereocenters. The second-order valence-corrected chi connectivity index (χ2v) is 8.79. The van der Waals surface area contributed by atoms with E-state index in [1.165, 1.54) is 44.9 Å². The first kappa shape index (κ1) is 26.6. The van der Waals surface area contributed by atoms with E-state index in [0.717, 1.165) is 18.4 Å². The minimum atomic E-state index is -0.200. The van der Waals surface area contributed by atoms with Gasteiger partial charge in [-0.25, -0.2) is 5.43 Å². The average Bonchev–Trinajstić information content (AvgIpc) is 2.82. The molecular formula is C27H36ClN3O2. The van der Waals surface area contributed by atoms with Crippen molar-refractivity contribution < 1.29 is 9.59 Å². The van der Waals surface area contributed by atoms with E-state index in [0.29, 0.717) is 28.4 Å². The van der Waals surface area contributed by atoms with E-state index in [1.807, 2.05) is 31.2 Å². The van der Waals surface area contributed by atoms with Crippen LogP contribution >= 0.6 is 11.6 Å². The van der Waals surface area contributed by atoms with Crippen LogP contribution in [0, 0.1) is 0 Å². The van der Waals surface area contributed by atoms with Gasteiger partial charge in [-0.05, 0) is 55.3 Å². The fourth-order valence-electron chi connectivity index (χ4n) is 3.46. The number of nitrogens with one attached hydrogen (secondary N) is 2. The Kier molecular flexibility index (Phi) is 12.3. The first-order valence-electron chi connectivity index (χ1n) is 12.0. The van der Waals surface area contributed by atoms with Gasteiger partial charge in [0.1, 0.15) is 0 Å². The highest BCUT2D eigenvalue weighted by molar-refractivity contribution is 6.30. The molecule has 0 spiro atoms. The summed E-state index contributed by atoms with van der Waals surface area (Å²) in [5.74, 6) is -0.252. The molecular weight excluding hydrogens is 434 g/mol. The molecule has 0 fully saturated rings. The second-order valence-electron chi connectivity index (χ2n) is 8.35. The van der Waals surface area contributed by atoms with Gasteiger partial charge >= 0.3 is 0 Å². The Labute approximate surface area is 203 Å². The Morgan fingerprint density at radius 3 is 1.94 bits per heavy atom. The van der Waals surface area contributed by atoms with Crippen LogP contribution in [-0.2, 0) is 4.79 Å². The summed E-state index contributed by atoms with van der Waals surface area (Å²) in [4.78, 5) is 24.3. The Bertz CT molecular complexity index is 893. The number of unbranched alkanes of at least 4 members (excludes halogenated alkanes) is 8. The third-order valence-electron chi connectivity index (χ3n) is 5.52. The molecule has 5 nitrogen and oxygen atoms in total. The van der Waals surface area contributed by atoms with E-state index in [-0.39, 0.29) is 11.8 Å². The molecule has 0 aliphatic heterocycles. The first-order valence-corrected chi connectivity index (χ1v) is 12.4. The quantitative estimate of drug-likeness (QED) is 0.172. The molecule has 0 saturated heterocycles. The van der Waals surface area contributed by atoms with Crippen LogP contribution < -0.4 is 10.7 Å². The summed E-state index contributed by atoms with van der Waals surface area (Å²) >= 11 is 5.86. The Morgan fingerprint density at radius 1 is 0.788 bits per heavy atom. The topological polar surface area (TPSA) is 70.6 Å². The smallest absolute Gasteiger partial charge is 0.255 e. The van der Waals surface area contributed by atoms with Crippen molar-refractivity contribution in [2.45, 2.75) is 78.1 Å². The number of hydrogen-bond acceptors (Lipinski definition) is 3. The molecule has 0 heterocycles. The molecule has 0 bridgehead atoms. The zero-order chi connectivity index (χ0) is 23.9. The van der Waals surface area contributed by atoms with Gasteiger partial charge in [-0.2, -0.15) is 5.10 Å². The molecule has 178 valence electrons. The third kappa shape index (κ3) is 10.7. The van der Waals surface area contributed by atoms with E-state index in [2.05, 4.69) is 22.8 Å². The molecule has 0 aliphatic rings. The molecule has 0 radical (unpaired) electrons. The maximum absolute atomic E-state index is 12.3. The van der Waals surface area contributed by atoms with E-state index >= 15 is 0 Å². The van der Waals surface area contributed by atoms with Gasteiger partial charge in [0.2, 0.25) is 5.91 Å². The summed E-state index contributed by atoms with van der Waals surface area (Å²) < 4.78 is 0. The maximum atomic E-state index is 12.3. The van der Waals surface area contributed by atoms with E-state index in [4.69, 9.17) is 11.6 Å². The minimum Gasteiger partial charge on any atom is -0.322 e. The summed E-state index contributed by atoms with van der Waals surface area (Å²) in [5.41, 5.74) is 5.46. The molecule has 6 heteroatoms. The molecule has 2 amide bonds. The van der Waals surface area contributed by atoms with Crippen molar-refractivity contribution in [3.05, 3.63) is 64.7 Å². The van der Waals surface area contributed by atoms with Crippen LogP contribution in [0.5, 0.6) is 0 Å². The number of rotatable bonds is 14. The number of hydrogen-bond donors (Lipinski definition) is 2. The van der Waals surface area contributed by atoms with Crippen LogP contribution in [0.1, 0.15) is 94.0 Å². The lowest BCUT2D eigenvalue weighted by Crippen LogP contribution is -2.18. The zero-order valence-corrected chi connectivity index (χ0v) is 20.6. The van der Waals surface area contributed by atoms with Crippen LogP contribution in [-0.4, -0.2) is 17.5 Å². The number of carbonyl (C=O) groups is 2. The van der Waals surface area contributed by atoms with Crippen LogP contribution in [0.15, 0.2) is 53.6 Å². The minimum absolute atomic E-state index is 0.0517. The van der Waals surface area contributed by atoms with Gasteiger partial charge in [0.25, 0.3) is 5.91 Å². The predicted octanol–water partition coefficient (Wildman–Crippen LogP) is 7.35. The lowest BCUT2D eigenvalue weighted by molar-refractivity contribution is -0.121. The van der Waals surface area contributed by atoms with Gasteiger partial charge in [-0.1, -0.05) is 82.0 Å². The highest BCUT2D eigenvalue weighted by Crippen LogP contribution is 2.14. The fraction of sp³-hybridized carbons (Fsp3) is 0.444. The highest BCUT2D eigenvalue weighted by atomic mass is 35.5. The van der Waals surface area contributed by atoms with Gasteiger partial charge in [0.15, 0.2) is 0 Å². The summed E-state index contributed by atoms with van der Waals surface area (Å²) in [5, 5.41) is 7.66. The number of anilines is 1. The lowest BCUT2D eigenvalue weighted by atomic mass is 10.1. The van der Waals surface area contributed by atoms with Crippen molar-refractivity contribution in [2.75, 3.05) is 5.32 Å². The van der Waals surface area contributed by atoms with Gasteiger partial charge in [0.05, 0.1) is 5.71 Å². The molecule has 0 saturated carbocycles. The summed E-state index contributed by atoms with van der Waals surface area (Å²) in [6, 6.07) is 14.1. The van der Waals surface area contributed by atoms with Crippen molar-refractivity contribution in [3.8, 4) is 0 Å². The zero-order valence-electron chi connectivity index (χ0n) is 19.8. The van der Waals surface area contributed by atoms with Crippen molar-refractivity contribution in [1.82, 2.24) is 5.43 Å². The Morgan fingerprint density at radius 2 is 1.33 bits per heavy atom. The predicted molar refractivity (Wildman–Crippen MR) is 138 cm³/mol. The molecule has 33 heavy (non-hydrogen) atoms. The van der Waals surface area contributed by atoms with E-state index in [1.54, 1.807) is 24.3 Å². The van der Waals surface area contributed by atoms with Crippen LogP contribution in [0.2, 0.25) is 5.02 Å². The molecule has 2 rings (SSSR count). The standard InChI is InChI=1S/C27H36ClN3O2/c1-3-4-5-6-7-8-9-10-11-12-26(32)31-30-21(2)22-15-19-25(20-16-22)29-27(33)23-13-17-24(28)18-14-23/h13-20H,3-12H2,1-2H3,(H,29,33)(H,31,32)/b30-21-. The first-order chi connectivity index (χ1) is 16.0. The van der Waals surface area contributed by atoms with E-state index < -0.39 is 0 Å². The normalized spacial score (nSPS) is 11.3. The molecule has 2 aromatic rings. The van der Waals surface area contributed by atoms with Crippen molar-refractivity contribution in [1.29, 1.82) is 0 Å². The summed E-state index contributed by atoms with van der Waals surface area (Å²) in [6.07, 6.45) is 11.6. The summed E-state index contributed by atoms with van der Waals surface area (Å²) in [6.45, 7) is 4.08. The molecule has 2 aromatic carbocycles. The Balaban J connectivity index is 1.68. The molecule has 0 aromatic heterocycles. The Hall–Kier alpha value is -2.66. The molecule has 0 aliphatic carbocycles. The van der Waals surface area contributed by atoms with Crippen molar-refractivity contribution in [2.24, 2.45) is 5.10 Å². The number of hydrazone groups is 1.